The molecule has 1 saturated heterocycles. The highest BCUT2D eigenvalue weighted by atomic mass is 16.5. The molecule has 0 aromatic heterocycles. The smallest absolute Gasteiger partial charge is 0.0683 e. The molecule has 1 rings (SSSR count). The Bertz CT molecular complexity index is 278. The van der Waals surface area contributed by atoms with Crippen LogP contribution in [0.1, 0.15) is 53.4 Å². The number of nitrogens with one attached hydrogen (secondary N) is 1. The van der Waals surface area contributed by atoms with E-state index in [1.165, 1.54) is 0 Å². The van der Waals surface area contributed by atoms with Gasteiger partial charge in [0.05, 0.1) is 17.1 Å². The highest BCUT2D eigenvalue weighted by molar-refractivity contribution is 4.91. The van der Waals surface area contributed by atoms with E-state index in [-0.39, 0.29) is 11.0 Å². The van der Waals surface area contributed by atoms with E-state index >= 15 is 0 Å². The van der Waals surface area contributed by atoms with Gasteiger partial charge in [-0.1, -0.05) is 0 Å². The maximum absolute atomic E-state index is 8.92. The molecule has 98 valence electrons. The van der Waals surface area contributed by atoms with Gasteiger partial charge in [0.1, 0.15) is 0 Å². The Morgan fingerprint density at radius 3 is 2.76 bits per heavy atom. The van der Waals surface area contributed by atoms with Crippen molar-refractivity contribution in [3.05, 3.63) is 0 Å². The molecule has 0 bridgehead atoms. The molecular formula is C14H26N2O. The second-order valence-electron chi connectivity index (χ2n) is 6.35. The van der Waals surface area contributed by atoms with Crippen molar-refractivity contribution < 1.29 is 4.74 Å². The van der Waals surface area contributed by atoms with Crippen LogP contribution in [0.3, 0.4) is 0 Å². The van der Waals surface area contributed by atoms with Crippen molar-refractivity contribution in [1.29, 1.82) is 5.26 Å². The van der Waals surface area contributed by atoms with Gasteiger partial charge in [0.15, 0.2) is 0 Å². The van der Waals surface area contributed by atoms with Gasteiger partial charge in [-0.05, 0) is 59.9 Å². The van der Waals surface area contributed by atoms with Gasteiger partial charge >= 0.3 is 0 Å². The summed E-state index contributed by atoms with van der Waals surface area (Å²) >= 11 is 0. The van der Waals surface area contributed by atoms with Crippen LogP contribution in [0.15, 0.2) is 0 Å². The summed E-state index contributed by atoms with van der Waals surface area (Å²) in [4.78, 5) is 0. The third kappa shape index (κ3) is 5.52. The SMILES string of the molecule is CC(C)(C#N)CCCNC1CCOC(C)(C)C1. The quantitative estimate of drug-likeness (QED) is 0.749. The highest BCUT2D eigenvalue weighted by Gasteiger charge is 2.28. The summed E-state index contributed by atoms with van der Waals surface area (Å²) in [7, 11) is 0. The first-order chi connectivity index (χ1) is 7.85. The van der Waals surface area contributed by atoms with Crippen molar-refractivity contribution in [1.82, 2.24) is 5.32 Å². The summed E-state index contributed by atoms with van der Waals surface area (Å²) in [6, 6.07) is 2.92. The minimum atomic E-state index is -0.184. The van der Waals surface area contributed by atoms with E-state index in [2.05, 4.69) is 25.2 Å². The highest BCUT2D eigenvalue weighted by Crippen LogP contribution is 2.24. The molecule has 3 heteroatoms. The molecule has 0 amide bonds. The number of hydrogen-bond donors (Lipinski definition) is 1. The zero-order valence-corrected chi connectivity index (χ0v) is 11.7. The second kappa shape index (κ2) is 5.84. The standard InChI is InChI=1S/C14H26N2O/c1-13(2,11-15)7-5-8-16-12-6-9-17-14(3,4)10-12/h12,16H,5-10H2,1-4H3. The molecule has 0 aromatic carbocycles. The molecule has 1 atom stereocenters. The first-order valence-electron chi connectivity index (χ1n) is 6.63. The van der Waals surface area contributed by atoms with Crippen molar-refractivity contribution in [3.8, 4) is 6.07 Å². The van der Waals surface area contributed by atoms with Gasteiger partial charge in [-0.15, -0.1) is 0 Å². The van der Waals surface area contributed by atoms with E-state index in [9.17, 15) is 0 Å². The van der Waals surface area contributed by atoms with Gasteiger partial charge in [0, 0.05) is 12.6 Å². The number of hydrogen-bond acceptors (Lipinski definition) is 3. The fourth-order valence-corrected chi connectivity index (χ4v) is 2.30. The zero-order chi connectivity index (χ0) is 12.9. The molecule has 1 aliphatic rings. The minimum absolute atomic E-state index is 0.0157. The number of ether oxygens (including phenoxy) is 1. The molecule has 17 heavy (non-hydrogen) atoms. The summed E-state index contributed by atoms with van der Waals surface area (Å²) in [5, 5.41) is 12.5. The van der Waals surface area contributed by atoms with E-state index in [0.29, 0.717) is 6.04 Å². The van der Waals surface area contributed by atoms with Gasteiger partial charge in [-0.25, -0.2) is 0 Å². The first-order valence-corrected chi connectivity index (χ1v) is 6.63. The van der Waals surface area contributed by atoms with E-state index in [1.54, 1.807) is 0 Å². The molecular weight excluding hydrogens is 212 g/mol. The molecule has 3 nitrogen and oxygen atoms in total. The summed E-state index contributed by atoms with van der Waals surface area (Å²) in [5.41, 5.74) is -0.168. The number of rotatable bonds is 5. The van der Waals surface area contributed by atoms with Gasteiger partial charge in [-0.2, -0.15) is 5.26 Å². The van der Waals surface area contributed by atoms with E-state index in [1.807, 2.05) is 13.8 Å². The predicted octanol–water partition coefficient (Wildman–Crippen LogP) is 2.86. The molecule has 0 aromatic rings. The van der Waals surface area contributed by atoms with Crippen molar-refractivity contribution >= 4 is 0 Å². The largest absolute Gasteiger partial charge is 0.375 e. The van der Waals surface area contributed by atoms with Crippen LogP contribution in [0, 0.1) is 16.7 Å². The van der Waals surface area contributed by atoms with Crippen LogP contribution in [0.5, 0.6) is 0 Å². The monoisotopic (exact) mass is 238 g/mol. The van der Waals surface area contributed by atoms with E-state index < -0.39 is 0 Å². The second-order valence-corrected chi connectivity index (χ2v) is 6.35. The average molecular weight is 238 g/mol. The summed E-state index contributed by atoms with van der Waals surface area (Å²) in [5.74, 6) is 0. The van der Waals surface area contributed by atoms with Crippen molar-refractivity contribution in [2.75, 3.05) is 13.2 Å². The maximum atomic E-state index is 8.92. The third-order valence-corrected chi connectivity index (χ3v) is 3.41. The Hall–Kier alpha value is -0.590. The predicted molar refractivity (Wildman–Crippen MR) is 69.7 cm³/mol. The van der Waals surface area contributed by atoms with Gasteiger partial charge < -0.3 is 10.1 Å². The Morgan fingerprint density at radius 1 is 1.47 bits per heavy atom. The van der Waals surface area contributed by atoms with Crippen LogP contribution in [-0.2, 0) is 4.74 Å². The zero-order valence-electron chi connectivity index (χ0n) is 11.7. The normalized spacial score (nSPS) is 24.3. The molecule has 0 radical (unpaired) electrons. The van der Waals surface area contributed by atoms with Crippen LogP contribution in [-0.4, -0.2) is 24.8 Å². The Balaban J connectivity index is 2.17. The van der Waals surface area contributed by atoms with Gasteiger partial charge in [0.25, 0.3) is 0 Å². The van der Waals surface area contributed by atoms with Gasteiger partial charge in [0.2, 0.25) is 0 Å². The minimum Gasteiger partial charge on any atom is -0.375 e. The molecule has 0 spiro atoms. The Kier molecular flexibility index (Phi) is 4.97. The fraction of sp³-hybridized carbons (Fsp3) is 0.929. The average Bonchev–Trinajstić information content (AvgIpc) is 2.23. The molecule has 1 aliphatic heterocycles. The molecule has 1 heterocycles. The van der Waals surface area contributed by atoms with Crippen LogP contribution < -0.4 is 5.32 Å². The maximum Gasteiger partial charge on any atom is 0.0683 e. The van der Waals surface area contributed by atoms with E-state index in [0.717, 1.165) is 38.8 Å². The van der Waals surface area contributed by atoms with Crippen LogP contribution in [0.25, 0.3) is 0 Å². The van der Waals surface area contributed by atoms with Gasteiger partial charge in [-0.3, -0.25) is 0 Å². The summed E-state index contributed by atoms with van der Waals surface area (Å²) < 4.78 is 5.69. The van der Waals surface area contributed by atoms with Crippen LogP contribution in [0.2, 0.25) is 0 Å². The van der Waals surface area contributed by atoms with Crippen molar-refractivity contribution in [2.24, 2.45) is 5.41 Å². The Morgan fingerprint density at radius 2 is 2.18 bits per heavy atom. The topological polar surface area (TPSA) is 45.0 Å². The summed E-state index contributed by atoms with van der Waals surface area (Å²) in [6.07, 6.45) is 4.21. The lowest BCUT2D eigenvalue weighted by molar-refractivity contribution is -0.0628. The molecule has 0 aliphatic carbocycles. The van der Waals surface area contributed by atoms with Crippen molar-refractivity contribution in [2.45, 2.75) is 65.0 Å². The number of nitrogens with zero attached hydrogens (tertiary/aromatic N) is 1. The van der Waals surface area contributed by atoms with Crippen LogP contribution >= 0.6 is 0 Å². The molecule has 1 unspecified atom stereocenters. The van der Waals surface area contributed by atoms with Crippen molar-refractivity contribution in [3.63, 3.8) is 0 Å². The lowest BCUT2D eigenvalue weighted by Gasteiger charge is -2.36. The lowest BCUT2D eigenvalue weighted by atomic mass is 9.89. The molecule has 1 fully saturated rings. The lowest BCUT2D eigenvalue weighted by Crippen LogP contribution is -2.44. The fourth-order valence-electron chi connectivity index (χ4n) is 2.30. The third-order valence-electron chi connectivity index (χ3n) is 3.41. The van der Waals surface area contributed by atoms with E-state index in [4.69, 9.17) is 10.00 Å². The summed E-state index contributed by atoms with van der Waals surface area (Å²) in [6.45, 7) is 10.2. The molecule has 1 N–H and O–H groups in total. The molecule has 0 saturated carbocycles. The Labute approximate surface area is 106 Å². The van der Waals surface area contributed by atoms with Crippen LogP contribution in [0.4, 0.5) is 0 Å². The first kappa shape index (κ1) is 14.5. The number of nitriles is 1.